The average molecular weight is 349 g/mol. The third-order valence-corrected chi connectivity index (χ3v) is 6.06. The van der Waals surface area contributed by atoms with Crippen molar-refractivity contribution in [2.45, 2.75) is 84.2 Å². The number of carbonyl (C=O) groups is 1. The van der Waals surface area contributed by atoms with Gasteiger partial charge < -0.3 is 10.2 Å². The average Bonchev–Trinajstić information content (AvgIpc) is 3.06. The number of carboxylic acid groups (broad SMARTS) is 1. The normalized spacial score (nSPS) is 31.7. The fourth-order valence-electron chi connectivity index (χ4n) is 4.63. The van der Waals surface area contributed by atoms with Gasteiger partial charge in [0.15, 0.2) is 0 Å². The van der Waals surface area contributed by atoms with Crippen LogP contribution in [0.4, 0.5) is 0 Å². The van der Waals surface area contributed by atoms with Crippen molar-refractivity contribution in [2.24, 2.45) is 23.7 Å². The molecule has 0 saturated heterocycles. The van der Waals surface area contributed by atoms with Crippen LogP contribution in [0.15, 0.2) is 23.8 Å². The first-order chi connectivity index (χ1) is 12.0. The lowest BCUT2D eigenvalue weighted by atomic mass is 9.89. The summed E-state index contributed by atoms with van der Waals surface area (Å²) in [6, 6.07) is 0. The van der Waals surface area contributed by atoms with E-state index in [1.54, 1.807) is 0 Å². The van der Waals surface area contributed by atoms with Crippen LogP contribution < -0.4 is 0 Å². The first-order valence-electron chi connectivity index (χ1n) is 10.3. The molecule has 2 aliphatic carbocycles. The Hall–Kier alpha value is -1.09. The van der Waals surface area contributed by atoms with E-state index >= 15 is 0 Å². The minimum Gasteiger partial charge on any atom is -0.481 e. The molecule has 0 amide bonds. The van der Waals surface area contributed by atoms with Crippen LogP contribution >= 0.6 is 0 Å². The standard InChI is InChI=1S/C22H36O3/c1-3-4-5-8-16(2)11-12-19-20-14-17(9-6-7-10-22(24)25)13-18(20)15-21(19)23/h9,11-12,16,18-21,23H,3-8,10,13-15H2,1-2H3,(H,24,25)/b12-11+,17-9+/t16?,18?,19-,20?,21?/m1/s1. The Bertz CT molecular complexity index is 480. The molecule has 0 aromatic rings. The van der Waals surface area contributed by atoms with E-state index in [0.717, 1.165) is 32.1 Å². The number of aliphatic hydroxyl groups excluding tert-OH is 1. The second-order valence-corrected chi connectivity index (χ2v) is 8.22. The summed E-state index contributed by atoms with van der Waals surface area (Å²) in [5.74, 6) is 1.41. The summed E-state index contributed by atoms with van der Waals surface area (Å²) in [7, 11) is 0. The van der Waals surface area contributed by atoms with Gasteiger partial charge in [0.1, 0.15) is 0 Å². The van der Waals surface area contributed by atoms with Crippen molar-refractivity contribution in [1.82, 2.24) is 0 Å². The summed E-state index contributed by atoms with van der Waals surface area (Å²) in [4.78, 5) is 10.6. The zero-order valence-electron chi connectivity index (χ0n) is 16.0. The maximum absolute atomic E-state index is 10.6. The molecule has 2 fully saturated rings. The second-order valence-electron chi connectivity index (χ2n) is 8.22. The molecule has 2 aliphatic rings. The topological polar surface area (TPSA) is 57.5 Å². The smallest absolute Gasteiger partial charge is 0.303 e. The molecule has 0 aliphatic heterocycles. The third-order valence-electron chi connectivity index (χ3n) is 6.06. The molecule has 2 saturated carbocycles. The van der Waals surface area contributed by atoms with Crippen LogP contribution in [0.25, 0.3) is 0 Å². The molecule has 2 N–H and O–H groups in total. The second kappa shape index (κ2) is 10.2. The number of hydrogen-bond acceptors (Lipinski definition) is 2. The molecule has 0 radical (unpaired) electrons. The molecule has 4 unspecified atom stereocenters. The van der Waals surface area contributed by atoms with Crippen LogP contribution in [-0.2, 0) is 4.79 Å². The van der Waals surface area contributed by atoms with Gasteiger partial charge in [-0.3, -0.25) is 4.79 Å². The fourth-order valence-corrected chi connectivity index (χ4v) is 4.63. The highest BCUT2D eigenvalue weighted by Crippen LogP contribution is 2.50. The van der Waals surface area contributed by atoms with E-state index in [-0.39, 0.29) is 12.5 Å². The van der Waals surface area contributed by atoms with E-state index in [4.69, 9.17) is 5.11 Å². The van der Waals surface area contributed by atoms with Gasteiger partial charge in [-0.1, -0.05) is 56.9 Å². The number of carboxylic acids is 1. The Kier molecular flexibility index (Phi) is 8.21. The fraction of sp³-hybridized carbons (Fsp3) is 0.773. The van der Waals surface area contributed by atoms with Crippen LogP contribution in [0.3, 0.4) is 0 Å². The Balaban J connectivity index is 1.83. The first kappa shape index (κ1) is 20.2. The van der Waals surface area contributed by atoms with E-state index in [1.165, 1.54) is 31.3 Å². The Morgan fingerprint density at radius 1 is 1.28 bits per heavy atom. The molecule has 0 aromatic carbocycles. The van der Waals surface area contributed by atoms with Crippen molar-refractivity contribution in [3.8, 4) is 0 Å². The number of allylic oxidation sites excluding steroid dienone is 3. The summed E-state index contributed by atoms with van der Waals surface area (Å²) < 4.78 is 0. The van der Waals surface area contributed by atoms with E-state index in [9.17, 15) is 9.90 Å². The maximum atomic E-state index is 10.6. The highest BCUT2D eigenvalue weighted by Gasteiger charge is 2.44. The largest absolute Gasteiger partial charge is 0.481 e. The SMILES string of the molecule is CCCCCC(C)/C=C/[C@H]1C(O)CC2C/C(=C\CCCC(=O)O)CC21. The van der Waals surface area contributed by atoms with Gasteiger partial charge in [-0.05, 0) is 56.3 Å². The Labute approximate surface area is 153 Å². The first-order valence-corrected chi connectivity index (χ1v) is 10.3. The zero-order chi connectivity index (χ0) is 18.2. The molecule has 2 rings (SSSR count). The highest BCUT2D eigenvalue weighted by atomic mass is 16.4. The molecule has 3 heteroatoms. The molecule has 0 bridgehead atoms. The molecule has 0 spiro atoms. The van der Waals surface area contributed by atoms with Crippen LogP contribution in [0.1, 0.15) is 78.1 Å². The molecular weight excluding hydrogens is 312 g/mol. The summed E-state index contributed by atoms with van der Waals surface area (Å²) in [6.07, 6.45) is 16.8. The summed E-state index contributed by atoms with van der Waals surface area (Å²) in [5.41, 5.74) is 1.49. The van der Waals surface area contributed by atoms with Crippen molar-refractivity contribution in [3.05, 3.63) is 23.8 Å². The highest BCUT2D eigenvalue weighted by molar-refractivity contribution is 5.66. The van der Waals surface area contributed by atoms with Crippen molar-refractivity contribution >= 4 is 5.97 Å². The van der Waals surface area contributed by atoms with Gasteiger partial charge in [-0.15, -0.1) is 0 Å². The van der Waals surface area contributed by atoms with Gasteiger partial charge in [-0.25, -0.2) is 0 Å². The molecule has 5 atom stereocenters. The van der Waals surface area contributed by atoms with Crippen molar-refractivity contribution in [3.63, 3.8) is 0 Å². The predicted molar refractivity (Wildman–Crippen MR) is 102 cm³/mol. The lowest BCUT2D eigenvalue weighted by molar-refractivity contribution is -0.137. The molecule has 0 aromatic heterocycles. The monoisotopic (exact) mass is 348 g/mol. The van der Waals surface area contributed by atoms with Gasteiger partial charge in [0.25, 0.3) is 0 Å². The van der Waals surface area contributed by atoms with Crippen molar-refractivity contribution < 1.29 is 15.0 Å². The van der Waals surface area contributed by atoms with Crippen molar-refractivity contribution in [1.29, 1.82) is 0 Å². The van der Waals surface area contributed by atoms with Crippen LogP contribution in [0.2, 0.25) is 0 Å². The number of hydrogen-bond donors (Lipinski definition) is 2. The third kappa shape index (κ3) is 6.29. The number of unbranched alkanes of at least 4 members (excludes halogenated alkanes) is 3. The number of aliphatic hydroxyl groups is 1. The van der Waals surface area contributed by atoms with E-state index < -0.39 is 5.97 Å². The minimum absolute atomic E-state index is 0.178. The Morgan fingerprint density at radius 2 is 2.08 bits per heavy atom. The molecule has 0 heterocycles. The lowest BCUT2D eigenvalue weighted by Gasteiger charge is -2.18. The maximum Gasteiger partial charge on any atom is 0.303 e. The van der Waals surface area contributed by atoms with E-state index in [2.05, 4.69) is 32.1 Å². The number of fused-ring (bicyclic) bond motifs is 1. The molecule has 25 heavy (non-hydrogen) atoms. The van der Waals surface area contributed by atoms with Gasteiger partial charge in [-0.2, -0.15) is 0 Å². The van der Waals surface area contributed by atoms with Gasteiger partial charge >= 0.3 is 5.97 Å². The van der Waals surface area contributed by atoms with Crippen LogP contribution in [0.5, 0.6) is 0 Å². The van der Waals surface area contributed by atoms with Crippen molar-refractivity contribution in [2.75, 3.05) is 0 Å². The van der Waals surface area contributed by atoms with Gasteiger partial charge in [0, 0.05) is 12.3 Å². The number of aliphatic carboxylic acids is 1. The summed E-state index contributed by atoms with van der Waals surface area (Å²) in [5, 5.41) is 19.2. The van der Waals surface area contributed by atoms with Crippen LogP contribution in [-0.4, -0.2) is 22.3 Å². The van der Waals surface area contributed by atoms with E-state index in [0.29, 0.717) is 23.7 Å². The zero-order valence-corrected chi connectivity index (χ0v) is 16.0. The molecular formula is C22H36O3. The molecule has 3 nitrogen and oxygen atoms in total. The minimum atomic E-state index is -0.705. The van der Waals surface area contributed by atoms with Gasteiger partial charge in [0.2, 0.25) is 0 Å². The lowest BCUT2D eigenvalue weighted by Crippen LogP contribution is -2.16. The molecule has 142 valence electrons. The quantitative estimate of drug-likeness (QED) is 0.413. The summed E-state index contributed by atoms with van der Waals surface area (Å²) >= 11 is 0. The Morgan fingerprint density at radius 3 is 2.80 bits per heavy atom. The van der Waals surface area contributed by atoms with Gasteiger partial charge in [0.05, 0.1) is 6.10 Å². The number of rotatable bonds is 10. The predicted octanol–water partition coefficient (Wildman–Crippen LogP) is 5.35. The van der Waals surface area contributed by atoms with E-state index in [1.807, 2.05) is 0 Å². The summed E-state index contributed by atoms with van der Waals surface area (Å²) in [6.45, 7) is 4.52. The van der Waals surface area contributed by atoms with Crippen LogP contribution in [0, 0.1) is 23.7 Å².